The van der Waals surface area contributed by atoms with Crippen molar-refractivity contribution in [2.75, 3.05) is 0 Å². The smallest absolute Gasteiger partial charge is 0.137 e. The van der Waals surface area contributed by atoms with Crippen LogP contribution in [0.3, 0.4) is 0 Å². The van der Waals surface area contributed by atoms with E-state index in [1.165, 1.54) is 0 Å². The number of nitrogens with one attached hydrogen (secondary N) is 1. The minimum atomic E-state index is 0.470. The largest absolute Gasteiger partial charge is 0.346 e. The van der Waals surface area contributed by atoms with Gasteiger partial charge in [-0.05, 0) is 31.5 Å². The van der Waals surface area contributed by atoms with Crippen LogP contribution < -0.4 is 0 Å². The van der Waals surface area contributed by atoms with Crippen LogP contribution in [0.25, 0.3) is 22.2 Å². The van der Waals surface area contributed by atoms with E-state index in [2.05, 4.69) is 21.1 Å². The maximum atomic E-state index is 8.72. The first-order chi connectivity index (χ1) is 9.72. The van der Waals surface area contributed by atoms with Crippen molar-refractivity contribution in [1.29, 1.82) is 5.26 Å². The van der Waals surface area contributed by atoms with Crippen LogP contribution in [0.5, 0.6) is 0 Å². The molecule has 3 aromatic heterocycles. The second-order valence-electron chi connectivity index (χ2n) is 4.78. The van der Waals surface area contributed by atoms with E-state index in [0.717, 1.165) is 33.5 Å². The Hall–Kier alpha value is -2.61. The van der Waals surface area contributed by atoms with Crippen molar-refractivity contribution >= 4 is 11.0 Å². The number of H-pyrrole nitrogens is 1. The van der Waals surface area contributed by atoms with Crippen molar-refractivity contribution in [2.24, 2.45) is 0 Å². The second kappa shape index (κ2) is 4.82. The molecule has 0 fully saturated rings. The zero-order chi connectivity index (χ0) is 14.1. The molecule has 0 saturated carbocycles. The fourth-order valence-corrected chi connectivity index (χ4v) is 2.64. The molecule has 0 radical (unpaired) electrons. The molecule has 5 heteroatoms. The number of nitriles is 1. The second-order valence-corrected chi connectivity index (χ2v) is 4.78. The molecule has 0 spiro atoms. The summed E-state index contributed by atoms with van der Waals surface area (Å²) in [5, 5.41) is 14.4. The number of fused-ring (bicyclic) bond motifs is 1. The molecule has 100 valence electrons. The highest BCUT2D eigenvalue weighted by molar-refractivity contribution is 5.94. The highest BCUT2D eigenvalue weighted by Crippen LogP contribution is 2.32. The molecule has 0 aliphatic rings. The molecule has 3 rings (SSSR count). The van der Waals surface area contributed by atoms with Crippen LogP contribution in [-0.4, -0.2) is 19.7 Å². The highest BCUT2D eigenvalue weighted by atomic mass is 15.3. The van der Waals surface area contributed by atoms with Crippen LogP contribution >= 0.6 is 0 Å². The van der Waals surface area contributed by atoms with Gasteiger partial charge in [-0.15, -0.1) is 0 Å². The average Bonchev–Trinajstić information content (AvgIpc) is 3.02. The molecule has 0 saturated heterocycles. The third-order valence-corrected chi connectivity index (χ3v) is 3.55. The van der Waals surface area contributed by atoms with Gasteiger partial charge in [0, 0.05) is 29.0 Å². The third kappa shape index (κ3) is 1.86. The number of aromatic nitrogens is 4. The summed E-state index contributed by atoms with van der Waals surface area (Å²) in [4.78, 5) is 7.45. The number of hydrogen-bond donors (Lipinski definition) is 1. The third-order valence-electron chi connectivity index (χ3n) is 3.55. The van der Waals surface area contributed by atoms with E-state index in [4.69, 9.17) is 5.26 Å². The average molecular weight is 265 g/mol. The standard InChI is InChI=1S/C15H15N5/c1-10-14(11(2)20(19-10)9-3-6-16)12-4-7-17-15-13(12)5-8-18-15/h4-5,7-8H,3,9H2,1-2H3,(H,17,18). The maximum absolute atomic E-state index is 8.72. The van der Waals surface area contributed by atoms with Crippen LogP contribution in [0.15, 0.2) is 24.5 Å². The molecular weight excluding hydrogens is 250 g/mol. The van der Waals surface area contributed by atoms with Crippen LogP contribution in [0.1, 0.15) is 17.8 Å². The van der Waals surface area contributed by atoms with Gasteiger partial charge in [0.05, 0.1) is 24.7 Å². The summed E-state index contributed by atoms with van der Waals surface area (Å²) >= 11 is 0. The van der Waals surface area contributed by atoms with Crippen molar-refractivity contribution in [3.8, 4) is 17.2 Å². The lowest BCUT2D eigenvalue weighted by atomic mass is 10.0. The molecule has 5 nitrogen and oxygen atoms in total. The van der Waals surface area contributed by atoms with Crippen molar-refractivity contribution in [2.45, 2.75) is 26.8 Å². The molecule has 0 bridgehead atoms. The molecule has 3 aromatic rings. The monoisotopic (exact) mass is 265 g/mol. The maximum Gasteiger partial charge on any atom is 0.137 e. The van der Waals surface area contributed by atoms with Gasteiger partial charge in [-0.3, -0.25) is 4.68 Å². The molecule has 0 unspecified atom stereocenters. The van der Waals surface area contributed by atoms with Gasteiger partial charge in [0.2, 0.25) is 0 Å². The minimum absolute atomic E-state index is 0.470. The van der Waals surface area contributed by atoms with E-state index < -0.39 is 0 Å². The Morgan fingerprint density at radius 3 is 3.00 bits per heavy atom. The number of rotatable bonds is 3. The summed E-state index contributed by atoms with van der Waals surface area (Å²) in [6.45, 7) is 4.68. The van der Waals surface area contributed by atoms with Crippen LogP contribution in [0, 0.1) is 25.2 Å². The SMILES string of the molecule is Cc1nn(CCC#N)c(C)c1-c1ccnc2[nH]ccc12. The molecule has 1 N–H and O–H groups in total. The molecular formula is C15H15N5. The van der Waals surface area contributed by atoms with Crippen LogP contribution in [0.4, 0.5) is 0 Å². The van der Waals surface area contributed by atoms with E-state index in [9.17, 15) is 0 Å². The quantitative estimate of drug-likeness (QED) is 0.791. The fraction of sp³-hybridized carbons (Fsp3) is 0.267. The lowest BCUT2D eigenvalue weighted by Crippen LogP contribution is -2.01. The van der Waals surface area contributed by atoms with Crippen LogP contribution in [-0.2, 0) is 6.54 Å². The Balaban J connectivity index is 2.17. The van der Waals surface area contributed by atoms with E-state index in [0.29, 0.717) is 13.0 Å². The Kier molecular flexibility index (Phi) is 2.99. The summed E-state index contributed by atoms with van der Waals surface area (Å²) in [5.74, 6) is 0. The van der Waals surface area contributed by atoms with E-state index in [1.54, 1.807) is 6.20 Å². The number of aromatic amines is 1. The summed E-state index contributed by atoms with van der Waals surface area (Å²) in [5.41, 5.74) is 5.22. The minimum Gasteiger partial charge on any atom is -0.346 e. The van der Waals surface area contributed by atoms with Gasteiger partial charge in [0.1, 0.15) is 5.65 Å². The van der Waals surface area contributed by atoms with E-state index >= 15 is 0 Å². The summed E-state index contributed by atoms with van der Waals surface area (Å²) in [6, 6.07) is 6.21. The Morgan fingerprint density at radius 1 is 1.35 bits per heavy atom. The van der Waals surface area contributed by atoms with Gasteiger partial charge < -0.3 is 4.98 Å². The predicted molar refractivity (Wildman–Crippen MR) is 77.0 cm³/mol. The number of pyridine rings is 1. The van der Waals surface area contributed by atoms with Gasteiger partial charge in [-0.1, -0.05) is 0 Å². The molecule has 0 atom stereocenters. The van der Waals surface area contributed by atoms with E-state index in [1.807, 2.05) is 36.9 Å². The topological polar surface area (TPSA) is 70.3 Å². The Bertz CT molecular complexity index is 803. The predicted octanol–water partition coefficient (Wildman–Crippen LogP) is 2.96. The van der Waals surface area contributed by atoms with Gasteiger partial charge >= 0.3 is 0 Å². The first-order valence-electron chi connectivity index (χ1n) is 6.56. The summed E-state index contributed by atoms with van der Waals surface area (Å²) in [7, 11) is 0. The van der Waals surface area contributed by atoms with Crippen LogP contribution in [0.2, 0.25) is 0 Å². The summed E-state index contributed by atoms with van der Waals surface area (Å²) in [6.07, 6.45) is 4.17. The van der Waals surface area contributed by atoms with Crippen molar-refractivity contribution in [1.82, 2.24) is 19.7 Å². The molecule has 0 amide bonds. The first kappa shape index (κ1) is 12.4. The van der Waals surface area contributed by atoms with Crippen molar-refractivity contribution in [3.63, 3.8) is 0 Å². The van der Waals surface area contributed by atoms with Gasteiger partial charge in [-0.2, -0.15) is 10.4 Å². The van der Waals surface area contributed by atoms with Gasteiger partial charge in [0.15, 0.2) is 0 Å². The number of aryl methyl sites for hydroxylation is 2. The molecule has 0 aromatic carbocycles. The first-order valence-corrected chi connectivity index (χ1v) is 6.56. The zero-order valence-corrected chi connectivity index (χ0v) is 11.5. The lowest BCUT2D eigenvalue weighted by Gasteiger charge is -2.05. The summed E-state index contributed by atoms with van der Waals surface area (Å²) < 4.78 is 1.91. The highest BCUT2D eigenvalue weighted by Gasteiger charge is 2.16. The van der Waals surface area contributed by atoms with E-state index in [-0.39, 0.29) is 0 Å². The normalized spacial score (nSPS) is 10.8. The fourth-order valence-electron chi connectivity index (χ4n) is 2.64. The zero-order valence-electron chi connectivity index (χ0n) is 11.5. The Labute approximate surface area is 116 Å². The molecule has 20 heavy (non-hydrogen) atoms. The van der Waals surface area contributed by atoms with Crippen molar-refractivity contribution < 1.29 is 0 Å². The van der Waals surface area contributed by atoms with Gasteiger partial charge in [-0.25, -0.2) is 4.98 Å². The Morgan fingerprint density at radius 2 is 2.20 bits per heavy atom. The van der Waals surface area contributed by atoms with Crippen molar-refractivity contribution in [3.05, 3.63) is 35.9 Å². The number of hydrogen-bond acceptors (Lipinski definition) is 3. The molecule has 0 aliphatic carbocycles. The molecule has 0 aliphatic heterocycles. The number of nitrogens with zero attached hydrogens (tertiary/aromatic N) is 4. The lowest BCUT2D eigenvalue weighted by molar-refractivity contribution is 0.606. The van der Waals surface area contributed by atoms with Gasteiger partial charge in [0.25, 0.3) is 0 Å². The molecule has 3 heterocycles.